The van der Waals surface area contributed by atoms with Gasteiger partial charge in [0.05, 0.1) is 11.8 Å². The van der Waals surface area contributed by atoms with Crippen molar-refractivity contribution in [3.63, 3.8) is 0 Å². The second-order valence-electron chi connectivity index (χ2n) is 7.33. The van der Waals surface area contributed by atoms with Crippen molar-refractivity contribution in [1.82, 2.24) is 9.80 Å². The van der Waals surface area contributed by atoms with E-state index in [4.69, 9.17) is 4.99 Å². The normalized spacial score (nSPS) is 18.9. The number of amidine groups is 1. The summed E-state index contributed by atoms with van der Waals surface area (Å²) in [6.45, 7) is 2.22. The third-order valence-electron chi connectivity index (χ3n) is 5.66. The standard InChI is InChI=1S/C23H24N4/c1-26-15-12-17(13-16-26)27(2)23-21-9-4-3-7-18(21)19(11-14-24)20-8-5-6-10-22(20)25-23/h3-11,17H,12-13,15-16H2,1-2H3/b19-11+. The van der Waals surface area contributed by atoms with E-state index in [1.807, 2.05) is 24.3 Å². The molecule has 0 atom stereocenters. The van der Waals surface area contributed by atoms with Crippen LogP contribution < -0.4 is 0 Å². The van der Waals surface area contributed by atoms with Crippen molar-refractivity contribution in [3.05, 3.63) is 71.3 Å². The number of aliphatic imine (C=N–C) groups is 1. The highest BCUT2D eigenvalue weighted by molar-refractivity contribution is 6.08. The fraction of sp³-hybridized carbons (Fsp3) is 0.304. The van der Waals surface area contributed by atoms with E-state index in [2.05, 4.69) is 54.2 Å². The average molecular weight is 356 g/mol. The van der Waals surface area contributed by atoms with Crippen LogP contribution in [0, 0.1) is 11.3 Å². The summed E-state index contributed by atoms with van der Waals surface area (Å²) < 4.78 is 0. The first-order valence-corrected chi connectivity index (χ1v) is 9.48. The molecule has 0 unspecified atom stereocenters. The van der Waals surface area contributed by atoms with Gasteiger partial charge in [-0.3, -0.25) is 0 Å². The molecule has 4 heteroatoms. The van der Waals surface area contributed by atoms with E-state index in [1.165, 1.54) is 0 Å². The molecule has 2 aliphatic rings. The van der Waals surface area contributed by atoms with Gasteiger partial charge in [0, 0.05) is 35.9 Å². The SMILES string of the molecule is CN1CCC(N(C)C2=Nc3ccccc3/C(=C/C#N)c3ccccc32)CC1. The lowest BCUT2D eigenvalue weighted by Gasteiger charge is -2.37. The summed E-state index contributed by atoms with van der Waals surface area (Å²) >= 11 is 0. The van der Waals surface area contributed by atoms with Gasteiger partial charge in [0.15, 0.2) is 0 Å². The quantitative estimate of drug-likeness (QED) is 0.724. The van der Waals surface area contributed by atoms with Crippen LogP contribution in [0.2, 0.25) is 0 Å². The molecule has 0 aromatic heterocycles. The highest BCUT2D eigenvalue weighted by atomic mass is 15.2. The molecule has 0 bridgehead atoms. The van der Waals surface area contributed by atoms with Gasteiger partial charge in [-0.05, 0) is 44.6 Å². The highest BCUT2D eigenvalue weighted by Gasteiger charge is 2.27. The minimum atomic E-state index is 0.474. The Kier molecular flexibility index (Phi) is 4.79. The van der Waals surface area contributed by atoms with Gasteiger partial charge in [0.25, 0.3) is 0 Å². The lowest BCUT2D eigenvalue weighted by Crippen LogP contribution is -2.44. The smallest absolute Gasteiger partial charge is 0.137 e. The van der Waals surface area contributed by atoms with Crippen molar-refractivity contribution in [2.45, 2.75) is 18.9 Å². The topological polar surface area (TPSA) is 42.6 Å². The van der Waals surface area contributed by atoms with Gasteiger partial charge < -0.3 is 9.80 Å². The largest absolute Gasteiger partial charge is 0.356 e. The molecule has 4 nitrogen and oxygen atoms in total. The molecule has 2 aromatic carbocycles. The Morgan fingerprint density at radius 2 is 1.67 bits per heavy atom. The van der Waals surface area contributed by atoms with Crippen LogP contribution in [0.1, 0.15) is 29.5 Å². The van der Waals surface area contributed by atoms with Crippen LogP contribution in [0.15, 0.2) is 59.6 Å². The minimum absolute atomic E-state index is 0.474. The number of hydrogen-bond acceptors (Lipinski definition) is 4. The lowest BCUT2D eigenvalue weighted by molar-refractivity contribution is 0.192. The lowest BCUT2D eigenvalue weighted by atomic mass is 9.93. The third kappa shape index (κ3) is 3.27. The van der Waals surface area contributed by atoms with Gasteiger partial charge in [0.1, 0.15) is 5.84 Å². The van der Waals surface area contributed by atoms with E-state index in [9.17, 15) is 5.26 Å². The molecule has 0 radical (unpaired) electrons. The number of likely N-dealkylation sites (tertiary alicyclic amines) is 1. The molecule has 0 amide bonds. The predicted octanol–water partition coefficient (Wildman–Crippen LogP) is 4.06. The highest BCUT2D eigenvalue weighted by Crippen LogP contribution is 2.37. The first-order chi connectivity index (χ1) is 13.2. The number of allylic oxidation sites excluding steroid dienone is 1. The second-order valence-corrected chi connectivity index (χ2v) is 7.33. The number of nitrogens with zero attached hydrogens (tertiary/aromatic N) is 4. The molecule has 1 fully saturated rings. The number of rotatable bonds is 1. The summed E-state index contributed by atoms with van der Waals surface area (Å²) in [5.74, 6) is 0.994. The molecule has 136 valence electrons. The molecule has 0 N–H and O–H groups in total. The fourth-order valence-corrected chi connectivity index (χ4v) is 4.08. The predicted molar refractivity (Wildman–Crippen MR) is 110 cm³/mol. The fourth-order valence-electron chi connectivity index (χ4n) is 4.08. The van der Waals surface area contributed by atoms with Gasteiger partial charge in [-0.2, -0.15) is 5.26 Å². The van der Waals surface area contributed by atoms with E-state index >= 15 is 0 Å². The van der Waals surface area contributed by atoms with Crippen LogP contribution >= 0.6 is 0 Å². The van der Waals surface area contributed by atoms with Crippen LogP contribution in [0.25, 0.3) is 5.57 Å². The van der Waals surface area contributed by atoms with Crippen LogP contribution in [-0.2, 0) is 0 Å². The van der Waals surface area contributed by atoms with Crippen LogP contribution in [-0.4, -0.2) is 48.9 Å². The molecule has 2 aromatic rings. The van der Waals surface area contributed by atoms with Crippen molar-refractivity contribution in [2.75, 3.05) is 27.2 Å². The number of fused-ring (bicyclic) bond motifs is 2. The van der Waals surface area contributed by atoms with E-state index in [0.717, 1.165) is 59.7 Å². The van der Waals surface area contributed by atoms with Gasteiger partial charge in [-0.15, -0.1) is 0 Å². The Morgan fingerprint density at radius 1 is 1.04 bits per heavy atom. The van der Waals surface area contributed by atoms with Crippen molar-refractivity contribution in [1.29, 1.82) is 5.26 Å². The Bertz CT molecular complexity index is 943. The van der Waals surface area contributed by atoms with E-state index in [0.29, 0.717) is 6.04 Å². The number of nitriles is 1. The number of hydrogen-bond donors (Lipinski definition) is 0. The van der Waals surface area contributed by atoms with E-state index in [1.54, 1.807) is 6.08 Å². The molecular formula is C23H24N4. The summed E-state index contributed by atoms with van der Waals surface area (Å²) in [6, 6.07) is 19.1. The van der Waals surface area contributed by atoms with E-state index < -0.39 is 0 Å². The molecule has 0 saturated carbocycles. The zero-order valence-corrected chi connectivity index (χ0v) is 15.9. The van der Waals surface area contributed by atoms with Gasteiger partial charge in [-0.25, -0.2) is 4.99 Å². The second kappa shape index (κ2) is 7.38. The first kappa shape index (κ1) is 17.5. The van der Waals surface area contributed by atoms with Gasteiger partial charge >= 0.3 is 0 Å². The van der Waals surface area contributed by atoms with Crippen molar-refractivity contribution < 1.29 is 0 Å². The summed E-state index contributed by atoms with van der Waals surface area (Å²) in [5, 5.41) is 9.39. The zero-order chi connectivity index (χ0) is 18.8. The molecule has 0 spiro atoms. The van der Waals surface area contributed by atoms with E-state index in [-0.39, 0.29) is 0 Å². The Balaban J connectivity index is 1.86. The Labute approximate surface area is 161 Å². The Morgan fingerprint density at radius 3 is 2.37 bits per heavy atom. The molecule has 2 aliphatic heterocycles. The summed E-state index contributed by atoms with van der Waals surface area (Å²) in [5.41, 5.74) is 5.04. The molecule has 0 aliphatic carbocycles. The number of para-hydroxylation sites is 1. The molecule has 4 rings (SSSR count). The number of benzene rings is 2. The molecule has 2 heterocycles. The first-order valence-electron chi connectivity index (χ1n) is 9.48. The summed E-state index contributed by atoms with van der Waals surface area (Å²) in [7, 11) is 4.34. The van der Waals surface area contributed by atoms with Crippen LogP contribution in [0.4, 0.5) is 5.69 Å². The third-order valence-corrected chi connectivity index (χ3v) is 5.66. The maximum absolute atomic E-state index is 9.39. The van der Waals surface area contributed by atoms with Crippen molar-refractivity contribution in [2.24, 2.45) is 4.99 Å². The van der Waals surface area contributed by atoms with Crippen LogP contribution in [0.3, 0.4) is 0 Å². The molecular weight excluding hydrogens is 332 g/mol. The zero-order valence-electron chi connectivity index (χ0n) is 15.9. The van der Waals surface area contributed by atoms with Crippen molar-refractivity contribution >= 4 is 17.1 Å². The summed E-state index contributed by atoms with van der Waals surface area (Å²) in [6.07, 6.45) is 3.92. The minimum Gasteiger partial charge on any atom is -0.356 e. The maximum Gasteiger partial charge on any atom is 0.137 e. The van der Waals surface area contributed by atoms with Gasteiger partial charge in [0.2, 0.25) is 0 Å². The molecule has 1 saturated heterocycles. The van der Waals surface area contributed by atoms with Crippen molar-refractivity contribution in [3.8, 4) is 6.07 Å². The maximum atomic E-state index is 9.39. The van der Waals surface area contributed by atoms with Gasteiger partial charge in [-0.1, -0.05) is 42.5 Å². The Hall–Kier alpha value is -2.90. The van der Waals surface area contributed by atoms with Crippen LogP contribution in [0.5, 0.6) is 0 Å². The summed E-state index contributed by atoms with van der Waals surface area (Å²) in [4.78, 5) is 9.82. The molecule has 27 heavy (non-hydrogen) atoms. The monoisotopic (exact) mass is 356 g/mol. The number of piperidine rings is 1. The average Bonchev–Trinajstić information content (AvgIpc) is 2.84.